The predicted octanol–water partition coefficient (Wildman–Crippen LogP) is 1.65. The minimum atomic E-state index is -4.79. The molecule has 0 spiro atoms. The van der Waals surface area contributed by atoms with Crippen molar-refractivity contribution in [1.29, 1.82) is 0 Å². The first kappa shape index (κ1) is 19.3. The number of halogens is 3. The van der Waals surface area contributed by atoms with Gasteiger partial charge in [0, 0.05) is 4.98 Å². The molecule has 0 saturated heterocycles. The van der Waals surface area contributed by atoms with Gasteiger partial charge in [0.25, 0.3) is 5.91 Å². The van der Waals surface area contributed by atoms with Crippen LogP contribution in [-0.2, 0) is 11.3 Å². The largest absolute Gasteiger partial charge is 0.573 e. The van der Waals surface area contributed by atoms with Crippen LogP contribution in [0.5, 0.6) is 17.5 Å². The number of aromatic nitrogens is 2. The van der Waals surface area contributed by atoms with Crippen LogP contribution in [0.2, 0.25) is 0 Å². The number of hydrogen-bond donors (Lipinski definition) is 1. The minimum absolute atomic E-state index is 0.0728. The van der Waals surface area contributed by atoms with E-state index < -0.39 is 29.0 Å². The standard InChI is InChI=1S/C15H13F3N4O6/c16-15(17,18)28-11-3-1-10(2-4-11)26-8-13(23)19-9-5-21-6-12(22(24)25)20-14(21)27-7-9/h1-4,6,9H,5,7-8H2,(H,19,23)/t9-/m0/s1. The van der Waals surface area contributed by atoms with Crippen LogP contribution >= 0.6 is 0 Å². The number of hydrogen-bond acceptors (Lipinski definition) is 7. The Labute approximate surface area is 155 Å². The van der Waals surface area contributed by atoms with Crippen molar-refractivity contribution in [1.82, 2.24) is 14.9 Å². The monoisotopic (exact) mass is 402 g/mol. The summed E-state index contributed by atoms with van der Waals surface area (Å²) in [5, 5.41) is 13.3. The normalized spacial score (nSPS) is 15.9. The quantitative estimate of drug-likeness (QED) is 0.577. The zero-order valence-corrected chi connectivity index (χ0v) is 14.0. The van der Waals surface area contributed by atoms with Gasteiger partial charge in [-0.25, -0.2) is 0 Å². The van der Waals surface area contributed by atoms with E-state index in [0.717, 1.165) is 12.1 Å². The molecule has 1 aromatic heterocycles. The molecular formula is C15H13F3N4O6. The molecule has 1 N–H and O–H groups in total. The highest BCUT2D eigenvalue weighted by Crippen LogP contribution is 2.25. The number of alkyl halides is 3. The third-order valence-electron chi connectivity index (χ3n) is 3.54. The second-order valence-electron chi connectivity index (χ2n) is 5.67. The maximum absolute atomic E-state index is 12.1. The maximum Gasteiger partial charge on any atom is 0.573 e. The van der Waals surface area contributed by atoms with Crippen LogP contribution in [0.1, 0.15) is 0 Å². The lowest BCUT2D eigenvalue weighted by atomic mass is 10.3. The molecule has 13 heteroatoms. The third-order valence-corrected chi connectivity index (χ3v) is 3.54. The first-order valence-electron chi connectivity index (χ1n) is 7.82. The van der Waals surface area contributed by atoms with Gasteiger partial charge in [-0.15, -0.1) is 13.2 Å². The first-order chi connectivity index (χ1) is 13.2. The smallest absolute Gasteiger partial charge is 0.484 e. The van der Waals surface area contributed by atoms with Crippen LogP contribution in [0.25, 0.3) is 0 Å². The van der Waals surface area contributed by atoms with Gasteiger partial charge in [0.2, 0.25) is 0 Å². The van der Waals surface area contributed by atoms with Gasteiger partial charge in [-0.05, 0) is 29.2 Å². The summed E-state index contributed by atoms with van der Waals surface area (Å²) < 4.78 is 51.9. The molecule has 1 aliphatic heterocycles. The number of amides is 1. The molecule has 0 unspecified atom stereocenters. The molecule has 3 rings (SSSR count). The van der Waals surface area contributed by atoms with Gasteiger partial charge in [-0.2, -0.15) is 0 Å². The molecule has 1 aliphatic rings. The van der Waals surface area contributed by atoms with Crippen molar-refractivity contribution in [2.75, 3.05) is 13.2 Å². The summed E-state index contributed by atoms with van der Waals surface area (Å²) in [4.78, 5) is 25.7. The highest BCUT2D eigenvalue weighted by atomic mass is 19.4. The number of ether oxygens (including phenoxy) is 3. The van der Waals surface area contributed by atoms with E-state index in [1.165, 1.54) is 22.9 Å². The molecule has 1 aromatic carbocycles. The summed E-state index contributed by atoms with van der Waals surface area (Å²) in [6.45, 7) is -0.0817. The Kier molecular flexibility index (Phi) is 5.24. The molecule has 28 heavy (non-hydrogen) atoms. The molecule has 0 bridgehead atoms. The Hall–Kier alpha value is -3.51. The minimum Gasteiger partial charge on any atom is -0.484 e. The molecule has 0 saturated carbocycles. The molecular weight excluding hydrogens is 389 g/mol. The predicted molar refractivity (Wildman–Crippen MR) is 84.9 cm³/mol. The van der Waals surface area contributed by atoms with E-state index in [2.05, 4.69) is 15.0 Å². The summed E-state index contributed by atoms with van der Waals surface area (Å²) in [5.41, 5.74) is 0. The van der Waals surface area contributed by atoms with E-state index in [4.69, 9.17) is 9.47 Å². The van der Waals surface area contributed by atoms with Gasteiger partial charge in [-0.1, -0.05) is 0 Å². The van der Waals surface area contributed by atoms with E-state index in [1.807, 2.05) is 0 Å². The van der Waals surface area contributed by atoms with E-state index >= 15 is 0 Å². The van der Waals surface area contributed by atoms with Gasteiger partial charge < -0.3 is 29.6 Å². The van der Waals surface area contributed by atoms with E-state index in [9.17, 15) is 28.1 Å². The van der Waals surface area contributed by atoms with Crippen LogP contribution in [0.3, 0.4) is 0 Å². The van der Waals surface area contributed by atoms with Crippen molar-refractivity contribution in [3.8, 4) is 17.5 Å². The lowest BCUT2D eigenvalue weighted by Crippen LogP contribution is -2.46. The highest BCUT2D eigenvalue weighted by molar-refractivity contribution is 5.77. The summed E-state index contributed by atoms with van der Waals surface area (Å²) in [5.74, 6) is -1.09. The Morgan fingerprint density at radius 1 is 1.36 bits per heavy atom. The number of nitro groups is 1. The fourth-order valence-corrected chi connectivity index (χ4v) is 2.43. The molecule has 0 radical (unpaired) electrons. The van der Waals surface area contributed by atoms with Crippen molar-refractivity contribution in [2.45, 2.75) is 18.9 Å². The molecule has 0 aliphatic carbocycles. The third kappa shape index (κ3) is 5.02. The number of carbonyl (C=O) groups is 1. The topological polar surface area (TPSA) is 118 Å². The van der Waals surface area contributed by atoms with Crippen molar-refractivity contribution >= 4 is 11.7 Å². The van der Waals surface area contributed by atoms with E-state index in [-0.39, 0.29) is 37.3 Å². The summed E-state index contributed by atoms with van der Waals surface area (Å²) in [7, 11) is 0. The van der Waals surface area contributed by atoms with Crippen molar-refractivity contribution < 1.29 is 37.1 Å². The fraction of sp³-hybridized carbons (Fsp3) is 0.333. The molecule has 10 nitrogen and oxygen atoms in total. The van der Waals surface area contributed by atoms with Crippen molar-refractivity contribution in [3.05, 3.63) is 40.6 Å². The van der Waals surface area contributed by atoms with Crippen LogP contribution in [-0.4, -0.2) is 46.0 Å². The number of nitrogens with one attached hydrogen (secondary N) is 1. The lowest BCUT2D eigenvalue weighted by Gasteiger charge is -2.23. The molecule has 1 amide bonds. The zero-order chi connectivity index (χ0) is 20.3. The zero-order valence-electron chi connectivity index (χ0n) is 14.0. The maximum atomic E-state index is 12.1. The summed E-state index contributed by atoms with van der Waals surface area (Å²) >= 11 is 0. The van der Waals surface area contributed by atoms with Gasteiger partial charge in [0.05, 0.1) is 12.6 Å². The Bertz CT molecular complexity index is 868. The summed E-state index contributed by atoms with van der Waals surface area (Å²) in [6, 6.07) is 4.21. The number of imidazole rings is 1. The van der Waals surface area contributed by atoms with Crippen LogP contribution in [0.15, 0.2) is 30.5 Å². The van der Waals surface area contributed by atoms with Crippen LogP contribution < -0.4 is 19.5 Å². The molecule has 150 valence electrons. The molecule has 1 atom stereocenters. The van der Waals surface area contributed by atoms with Gasteiger partial charge in [0.15, 0.2) is 6.61 Å². The Morgan fingerprint density at radius 3 is 2.68 bits per heavy atom. The second-order valence-corrected chi connectivity index (χ2v) is 5.67. The molecule has 2 heterocycles. The molecule has 0 fully saturated rings. The number of rotatable bonds is 6. The lowest BCUT2D eigenvalue weighted by molar-refractivity contribution is -0.389. The fourth-order valence-electron chi connectivity index (χ4n) is 2.43. The van der Waals surface area contributed by atoms with Crippen molar-refractivity contribution in [2.24, 2.45) is 0 Å². The van der Waals surface area contributed by atoms with Gasteiger partial charge in [-0.3, -0.25) is 9.36 Å². The summed E-state index contributed by atoms with van der Waals surface area (Å²) in [6.07, 6.45) is -3.59. The van der Waals surface area contributed by atoms with Crippen molar-refractivity contribution in [3.63, 3.8) is 0 Å². The molecule has 2 aromatic rings. The van der Waals surface area contributed by atoms with Crippen LogP contribution in [0, 0.1) is 10.1 Å². The number of benzene rings is 1. The Morgan fingerprint density at radius 2 is 2.04 bits per heavy atom. The number of carbonyl (C=O) groups excluding carboxylic acids is 1. The average Bonchev–Trinajstić information content (AvgIpc) is 3.03. The van der Waals surface area contributed by atoms with Gasteiger partial charge in [0.1, 0.15) is 24.3 Å². The first-order valence-corrected chi connectivity index (χ1v) is 7.82. The van der Waals surface area contributed by atoms with Crippen LogP contribution in [0.4, 0.5) is 19.0 Å². The second kappa shape index (κ2) is 7.62. The highest BCUT2D eigenvalue weighted by Gasteiger charge is 2.31. The van der Waals surface area contributed by atoms with E-state index in [1.54, 1.807) is 0 Å². The SMILES string of the molecule is O=C(COc1ccc(OC(F)(F)F)cc1)N[C@@H]1COc2nc([N+](=O)[O-])cn2C1. The Balaban J connectivity index is 1.47. The number of nitrogens with zero attached hydrogens (tertiary/aromatic N) is 3. The number of fused-ring (bicyclic) bond motifs is 1. The van der Waals surface area contributed by atoms with Gasteiger partial charge >= 0.3 is 18.2 Å². The van der Waals surface area contributed by atoms with E-state index in [0.29, 0.717) is 0 Å². The average molecular weight is 402 g/mol.